The zero-order chi connectivity index (χ0) is 16.4. The molecule has 0 bridgehead atoms. The third-order valence-electron chi connectivity index (χ3n) is 4.65. The average Bonchev–Trinajstić information content (AvgIpc) is 2.41. The first-order valence-corrected chi connectivity index (χ1v) is 7.70. The van der Waals surface area contributed by atoms with Crippen LogP contribution in [-0.4, -0.2) is 23.2 Å². The smallest absolute Gasteiger partial charge is 0.251 e. The number of benzene rings is 1. The van der Waals surface area contributed by atoms with E-state index in [9.17, 15) is 9.90 Å². The number of amides is 1. The van der Waals surface area contributed by atoms with Crippen LogP contribution in [0.3, 0.4) is 0 Å². The highest BCUT2D eigenvalue weighted by molar-refractivity contribution is 5.98. The molecule has 2 N–H and O–H groups in total. The molecule has 1 atom stereocenters. The zero-order valence-electron chi connectivity index (χ0n) is 14.5. The second-order valence-electron chi connectivity index (χ2n) is 6.43. The zero-order valence-corrected chi connectivity index (χ0v) is 14.5. The van der Waals surface area contributed by atoms with Crippen molar-refractivity contribution in [2.45, 2.75) is 66.9 Å². The van der Waals surface area contributed by atoms with Gasteiger partial charge in [0.1, 0.15) is 0 Å². The highest BCUT2D eigenvalue weighted by Crippen LogP contribution is 2.26. The van der Waals surface area contributed by atoms with Gasteiger partial charge in [-0.2, -0.15) is 0 Å². The third kappa shape index (κ3) is 3.85. The minimum atomic E-state index is -0.846. The summed E-state index contributed by atoms with van der Waals surface area (Å²) in [7, 11) is 0. The maximum Gasteiger partial charge on any atom is 0.251 e. The summed E-state index contributed by atoms with van der Waals surface area (Å²) in [5.74, 6) is -0.0902. The fraction of sp³-hybridized carbons (Fsp3) is 0.611. The van der Waals surface area contributed by atoms with Gasteiger partial charge < -0.3 is 10.4 Å². The van der Waals surface area contributed by atoms with Crippen LogP contribution in [0.1, 0.15) is 64.9 Å². The van der Waals surface area contributed by atoms with Crippen molar-refractivity contribution in [3.8, 4) is 0 Å². The minimum Gasteiger partial charge on any atom is -0.388 e. The molecular formula is C18H29NO2. The lowest BCUT2D eigenvalue weighted by Crippen LogP contribution is -2.41. The van der Waals surface area contributed by atoms with Crippen LogP contribution < -0.4 is 5.32 Å². The molecule has 0 aliphatic heterocycles. The van der Waals surface area contributed by atoms with Crippen molar-refractivity contribution in [1.82, 2.24) is 5.32 Å². The Balaban J connectivity index is 3.04. The maximum absolute atomic E-state index is 12.5. The van der Waals surface area contributed by atoms with Gasteiger partial charge in [0.25, 0.3) is 5.91 Å². The summed E-state index contributed by atoms with van der Waals surface area (Å²) < 4.78 is 0. The Morgan fingerprint density at radius 2 is 1.43 bits per heavy atom. The van der Waals surface area contributed by atoms with Crippen molar-refractivity contribution in [3.63, 3.8) is 0 Å². The van der Waals surface area contributed by atoms with E-state index in [0.29, 0.717) is 6.42 Å². The molecule has 118 valence electrons. The Morgan fingerprint density at radius 3 is 1.86 bits per heavy atom. The van der Waals surface area contributed by atoms with E-state index in [2.05, 4.69) is 26.1 Å². The lowest BCUT2D eigenvalue weighted by atomic mass is 9.89. The Hall–Kier alpha value is -1.35. The van der Waals surface area contributed by atoms with E-state index < -0.39 is 5.60 Å². The van der Waals surface area contributed by atoms with Crippen LogP contribution in [0.15, 0.2) is 0 Å². The van der Waals surface area contributed by atoms with Gasteiger partial charge in [0.2, 0.25) is 0 Å². The molecule has 3 heteroatoms. The van der Waals surface area contributed by atoms with Crippen LogP contribution in [0.4, 0.5) is 0 Å². The summed E-state index contributed by atoms with van der Waals surface area (Å²) in [5.41, 5.74) is 5.56. The number of rotatable bonds is 5. The van der Waals surface area contributed by atoms with E-state index in [1.807, 2.05) is 20.8 Å². The summed E-state index contributed by atoms with van der Waals surface area (Å²) in [6, 6.07) is 0. The maximum atomic E-state index is 12.5. The quantitative estimate of drug-likeness (QED) is 0.872. The Bertz CT molecular complexity index is 516. The van der Waals surface area contributed by atoms with E-state index >= 15 is 0 Å². The molecule has 1 rings (SSSR count). The van der Waals surface area contributed by atoms with Crippen molar-refractivity contribution in [2.24, 2.45) is 0 Å². The first-order chi connectivity index (χ1) is 9.62. The predicted molar refractivity (Wildman–Crippen MR) is 88.0 cm³/mol. The molecule has 0 aliphatic carbocycles. The number of hydrogen-bond acceptors (Lipinski definition) is 2. The number of carbonyl (C=O) groups is 1. The molecule has 21 heavy (non-hydrogen) atoms. The van der Waals surface area contributed by atoms with Gasteiger partial charge in [0.05, 0.1) is 5.60 Å². The van der Waals surface area contributed by atoms with Gasteiger partial charge in [-0.1, -0.05) is 13.3 Å². The Labute approximate surface area is 128 Å². The summed E-state index contributed by atoms with van der Waals surface area (Å²) >= 11 is 0. The Morgan fingerprint density at radius 1 is 1.00 bits per heavy atom. The van der Waals surface area contributed by atoms with Gasteiger partial charge in [0, 0.05) is 12.1 Å². The summed E-state index contributed by atoms with van der Waals surface area (Å²) in [6.45, 7) is 14.3. The highest BCUT2D eigenvalue weighted by Gasteiger charge is 2.23. The molecule has 0 radical (unpaired) electrons. The van der Waals surface area contributed by atoms with Gasteiger partial charge in [-0.3, -0.25) is 4.79 Å². The van der Waals surface area contributed by atoms with E-state index in [4.69, 9.17) is 0 Å². The second kappa shape index (κ2) is 6.61. The van der Waals surface area contributed by atoms with Gasteiger partial charge in [0.15, 0.2) is 0 Å². The molecule has 3 nitrogen and oxygen atoms in total. The fourth-order valence-corrected chi connectivity index (χ4v) is 2.83. The molecule has 0 spiro atoms. The van der Waals surface area contributed by atoms with Crippen molar-refractivity contribution in [1.29, 1.82) is 0 Å². The molecule has 0 heterocycles. The summed E-state index contributed by atoms with van der Waals surface area (Å²) in [5, 5.41) is 13.1. The molecule has 0 saturated heterocycles. The minimum absolute atomic E-state index is 0.0902. The highest BCUT2D eigenvalue weighted by atomic mass is 16.3. The van der Waals surface area contributed by atoms with Crippen LogP contribution in [0.5, 0.6) is 0 Å². The van der Waals surface area contributed by atoms with E-state index in [1.54, 1.807) is 6.92 Å². The number of aliphatic hydroxyl groups is 1. The monoisotopic (exact) mass is 291 g/mol. The molecule has 0 aromatic heterocycles. The first-order valence-electron chi connectivity index (χ1n) is 7.70. The number of carbonyl (C=O) groups excluding carboxylic acids is 1. The van der Waals surface area contributed by atoms with Gasteiger partial charge in [-0.05, 0) is 75.8 Å². The molecule has 1 unspecified atom stereocenters. The van der Waals surface area contributed by atoms with E-state index in [-0.39, 0.29) is 12.5 Å². The predicted octanol–water partition coefficient (Wildman–Crippen LogP) is 3.51. The summed E-state index contributed by atoms with van der Waals surface area (Å²) in [6.07, 6.45) is 1.57. The lowest BCUT2D eigenvalue weighted by Gasteiger charge is -2.24. The normalized spacial score (nSPS) is 13.9. The Kier molecular flexibility index (Phi) is 5.57. The van der Waals surface area contributed by atoms with Crippen LogP contribution >= 0.6 is 0 Å². The average molecular weight is 291 g/mol. The lowest BCUT2D eigenvalue weighted by molar-refractivity contribution is 0.0469. The van der Waals surface area contributed by atoms with Crippen molar-refractivity contribution >= 4 is 5.91 Å². The van der Waals surface area contributed by atoms with Crippen LogP contribution in [0, 0.1) is 34.6 Å². The molecule has 0 saturated carbocycles. The molecule has 0 aliphatic rings. The van der Waals surface area contributed by atoms with Crippen molar-refractivity contribution in [2.75, 3.05) is 6.54 Å². The number of hydrogen-bond donors (Lipinski definition) is 2. The molecule has 1 aromatic rings. The van der Waals surface area contributed by atoms with E-state index in [0.717, 1.165) is 23.1 Å². The van der Waals surface area contributed by atoms with Crippen molar-refractivity contribution < 1.29 is 9.90 Å². The fourth-order valence-electron chi connectivity index (χ4n) is 2.83. The molecular weight excluding hydrogens is 262 g/mol. The largest absolute Gasteiger partial charge is 0.388 e. The van der Waals surface area contributed by atoms with Gasteiger partial charge in [-0.15, -0.1) is 0 Å². The van der Waals surface area contributed by atoms with Gasteiger partial charge >= 0.3 is 0 Å². The third-order valence-corrected chi connectivity index (χ3v) is 4.65. The van der Waals surface area contributed by atoms with Gasteiger partial charge in [-0.25, -0.2) is 0 Å². The summed E-state index contributed by atoms with van der Waals surface area (Å²) in [4.78, 5) is 12.5. The van der Waals surface area contributed by atoms with Crippen LogP contribution in [0.25, 0.3) is 0 Å². The SMILES string of the molecule is CCCC(C)(O)CNC(=O)c1c(C)c(C)c(C)c(C)c1C. The van der Waals surface area contributed by atoms with Crippen LogP contribution in [0.2, 0.25) is 0 Å². The number of nitrogens with one attached hydrogen (secondary N) is 1. The standard InChI is InChI=1S/C18H29NO2/c1-8-9-18(7,21)10-19-17(20)16-14(5)12(3)11(2)13(4)15(16)6/h21H,8-10H2,1-7H3,(H,19,20). The van der Waals surface area contributed by atoms with Crippen molar-refractivity contribution in [3.05, 3.63) is 33.4 Å². The van der Waals surface area contributed by atoms with E-state index in [1.165, 1.54) is 16.7 Å². The second-order valence-corrected chi connectivity index (χ2v) is 6.43. The topological polar surface area (TPSA) is 49.3 Å². The molecule has 0 fully saturated rings. The molecule has 1 amide bonds. The molecule has 1 aromatic carbocycles. The first kappa shape index (κ1) is 17.7. The van der Waals surface area contributed by atoms with Crippen LogP contribution in [-0.2, 0) is 0 Å².